The first-order valence-corrected chi connectivity index (χ1v) is 14.8. The van der Waals surface area contributed by atoms with Crippen molar-refractivity contribution >= 4 is 20.5 Å². The van der Waals surface area contributed by atoms with Gasteiger partial charge in [-0.15, -0.1) is 0 Å². The number of nitrogens with one attached hydrogen (secondary N) is 1. The van der Waals surface area contributed by atoms with Crippen LogP contribution in [0.15, 0.2) is 0 Å². The van der Waals surface area contributed by atoms with Gasteiger partial charge in [-0.2, -0.15) is 0 Å². The lowest BCUT2D eigenvalue weighted by molar-refractivity contribution is 0.0199. The van der Waals surface area contributed by atoms with Gasteiger partial charge in [0.1, 0.15) is 11.2 Å². The summed E-state index contributed by atoms with van der Waals surface area (Å²) in [5.74, 6) is 0. The number of amides is 2. The van der Waals surface area contributed by atoms with E-state index < -0.39 is 25.6 Å². The van der Waals surface area contributed by atoms with Crippen LogP contribution in [0.4, 0.5) is 9.59 Å². The maximum absolute atomic E-state index is 12.9. The van der Waals surface area contributed by atoms with Gasteiger partial charge in [0.15, 0.2) is 8.32 Å². The molecule has 0 spiro atoms. The maximum atomic E-state index is 12.9. The zero-order valence-electron chi connectivity index (χ0n) is 22.5. The van der Waals surface area contributed by atoms with Crippen LogP contribution in [-0.2, 0) is 13.9 Å². The van der Waals surface area contributed by atoms with Crippen LogP contribution in [0.5, 0.6) is 0 Å². The Labute approximate surface area is 197 Å². The molecule has 0 aromatic heterocycles. The highest BCUT2D eigenvalue weighted by molar-refractivity contribution is 6.74. The van der Waals surface area contributed by atoms with Crippen molar-refractivity contribution in [2.24, 2.45) is 0 Å². The molecule has 1 aliphatic rings. The Kier molecular flexibility index (Phi) is 9.28. The fourth-order valence-corrected chi connectivity index (χ4v) is 4.75. The molecular weight excluding hydrogens is 424 g/mol. The van der Waals surface area contributed by atoms with E-state index >= 15 is 0 Å². The van der Waals surface area contributed by atoms with Gasteiger partial charge in [0, 0.05) is 18.6 Å². The number of hydrogen-bond acceptors (Lipinski definition) is 5. The molecule has 7 nitrogen and oxygen atoms in total. The summed E-state index contributed by atoms with van der Waals surface area (Å²) >= 11 is 0. The van der Waals surface area contributed by atoms with Crippen molar-refractivity contribution in [2.45, 2.75) is 136 Å². The second kappa shape index (κ2) is 10.3. The summed E-state index contributed by atoms with van der Waals surface area (Å²) in [6, 6.07) is -0.0480. The standard InChI is InChI=1S/C24H48N2O5Si/c1-17(25-20(27)29-22(2,3)4)13-14-18-15-19(31-32(11,12)24(8,9)10)16-26(18)21(28)30-23(5,6)7/h17-19H,13-16H2,1-12H3,(H,25,27)/t17?,18-,19-/m1/s1. The summed E-state index contributed by atoms with van der Waals surface area (Å²) in [5.41, 5.74) is -1.08. The number of rotatable bonds is 6. The SMILES string of the molecule is CC(CC[C@@H]1C[C@@H](O[Si](C)(C)C(C)(C)C)CN1C(=O)OC(C)(C)C)NC(=O)OC(C)(C)C. The van der Waals surface area contributed by atoms with Gasteiger partial charge in [-0.1, -0.05) is 20.8 Å². The monoisotopic (exact) mass is 472 g/mol. The highest BCUT2D eigenvalue weighted by Gasteiger charge is 2.44. The van der Waals surface area contributed by atoms with Crippen molar-refractivity contribution in [3.05, 3.63) is 0 Å². The number of likely N-dealkylation sites (tertiary alicyclic amines) is 1. The topological polar surface area (TPSA) is 77.1 Å². The minimum atomic E-state index is -1.95. The summed E-state index contributed by atoms with van der Waals surface area (Å²) in [7, 11) is -1.95. The fraction of sp³-hybridized carbons (Fsp3) is 0.917. The van der Waals surface area contributed by atoms with Gasteiger partial charge in [0.25, 0.3) is 0 Å². The summed E-state index contributed by atoms with van der Waals surface area (Å²) in [6.07, 6.45) is 1.56. The van der Waals surface area contributed by atoms with Crippen LogP contribution in [0.25, 0.3) is 0 Å². The average molecular weight is 473 g/mol. The number of ether oxygens (including phenoxy) is 2. The smallest absolute Gasteiger partial charge is 0.410 e. The molecule has 0 aliphatic carbocycles. The van der Waals surface area contributed by atoms with Crippen molar-refractivity contribution in [3.63, 3.8) is 0 Å². The van der Waals surface area contributed by atoms with E-state index in [2.05, 4.69) is 39.2 Å². The molecule has 2 amide bonds. The Morgan fingerprint density at radius 3 is 2.00 bits per heavy atom. The Balaban J connectivity index is 2.82. The Bertz CT molecular complexity index is 646. The first kappa shape index (κ1) is 28.7. The quantitative estimate of drug-likeness (QED) is 0.474. The Morgan fingerprint density at radius 2 is 1.53 bits per heavy atom. The van der Waals surface area contributed by atoms with Crippen LogP contribution < -0.4 is 5.32 Å². The molecule has 0 saturated carbocycles. The van der Waals surface area contributed by atoms with E-state index in [1.54, 1.807) is 0 Å². The molecule has 1 fully saturated rings. The van der Waals surface area contributed by atoms with E-state index in [0.717, 1.165) is 19.3 Å². The largest absolute Gasteiger partial charge is 0.444 e. The number of hydrogen-bond donors (Lipinski definition) is 1. The molecular formula is C24H48N2O5Si. The summed E-state index contributed by atoms with van der Waals surface area (Å²) < 4.78 is 17.7. The third-order valence-corrected chi connectivity index (χ3v) is 10.5. The zero-order chi connectivity index (χ0) is 25.1. The molecule has 0 aromatic rings. The lowest BCUT2D eigenvalue weighted by atomic mass is 10.0. The van der Waals surface area contributed by atoms with Crippen LogP contribution in [0.3, 0.4) is 0 Å². The predicted molar refractivity (Wildman–Crippen MR) is 131 cm³/mol. The van der Waals surface area contributed by atoms with Crippen LogP contribution in [0.2, 0.25) is 18.1 Å². The van der Waals surface area contributed by atoms with Crippen molar-refractivity contribution < 1.29 is 23.5 Å². The highest BCUT2D eigenvalue weighted by atomic mass is 28.4. The van der Waals surface area contributed by atoms with E-state index in [-0.39, 0.29) is 29.3 Å². The van der Waals surface area contributed by atoms with Crippen LogP contribution in [0, 0.1) is 0 Å². The first-order valence-electron chi connectivity index (χ1n) is 11.9. The van der Waals surface area contributed by atoms with Gasteiger partial charge in [-0.25, -0.2) is 9.59 Å². The van der Waals surface area contributed by atoms with Crippen molar-refractivity contribution in [1.82, 2.24) is 10.2 Å². The molecule has 0 aromatic carbocycles. The minimum Gasteiger partial charge on any atom is -0.444 e. The van der Waals surface area contributed by atoms with Crippen molar-refractivity contribution in [2.75, 3.05) is 6.54 Å². The predicted octanol–water partition coefficient (Wildman–Crippen LogP) is 6.08. The average Bonchev–Trinajstić information content (AvgIpc) is 2.90. The Hall–Kier alpha value is -1.28. The van der Waals surface area contributed by atoms with Crippen LogP contribution >= 0.6 is 0 Å². The lowest BCUT2D eigenvalue weighted by Gasteiger charge is -2.38. The van der Waals surface area contributed by atoms with Gasteiger partial charge in [-0.05, 0) is 85.9 Å². The number of alkyl carbamates (subject to hydrolysis) is 1. The number of carbonyl (C=O) groups is 2. The third-order valence-electron chi connectivity index (χ3n) is 5.97. The van der Waals surface area contributed by atoms with Gasteiger partial charge in [0.05, 0.1) is 6.10 Å². The van der Waals surface area contributed by atoms with Crippen molar-refractivity contribution in [1.29, 1.82) is 0 Å². The summed E-state index contributed by atoms with van der Waals surface area (Å²) in [6.45, 7) is 24.8. The second-order valence-electron chi connectivity index (χ2n) is 12.6. The second-order valence-corrected chi connectivity index (χ2v) is 17.4. The first-order chi connectivity index (χ1) is 14.2. The molecule has 1 unspecified atom stereocenters. The molecule has 1 aliphatic heterocycles. The molecule has 1 N–H and O–H groups in total. The molecule has 3 atom stereocenters. The molecule has 8 heteroatoms. The zero-order valence-corrected chi connectivity index (χ0v) is 23.5. The Morgan fingerprint density at radius 1 is 1.00 bits per heavy atom. The van der Waals surface area contributed by atoms with E-state index in [4.69, 9.17) is 13.9 Å². The maximum Gasteiger partial charge on any atom is 0.410 e. The number of nitrogens with zero attached hydrogens (tertiary/aromatic N) is 1. The molecule has 0 radical (unpaired) electrons. The molecule has 1 heterocycles. The molecule has 32 heavy (non-hydrogen) atoms. The van der Waals surface area contributed by atoms with Gasteiger partial charge < -0.3 is 24.1 Å². The minimum absolute atomic E-state index is 0.00234. The molecule has 1 rings (SSSR count). The van der Waals surface area contributed by atoms with Crippen molar-refractivity contribution in [3.8, 4) is 0 Å². The van der Waals surface area contributed by atoms with E-state index in [0.29, 0.717) is 6.54 Å². The lowest BCUT2D eigenvalue weighted by Crippen LogP contribution is -2.45. The fourth-order valence-electron chi connectivity index (χ4n) is 3.39. The summed E-state index contributed by atoms with van der Waals surface area (Å²) in [4.78, 5) is 26.8. The highest BCUT2D eigenvalue weighted by Crippen LogP contribution is 2.39. The van der Waals surface area contributed by atoms with E-state index in [1.807, 2.05) is 53.4 Å². The molecule has 0 bridgehead atoms. The normalized spacial score (nSPS) is 21.3. The van der Waals surface area contributed by atoms with E-state index in [9.17, 15) is 9.59 Å². The van der Waals surface area contributed by atoms with Crippen LogP contribution in [-0.4, -0.2) is 61.3 Å². The number of carbonyl (C=O) groups excluding carboxylic acids is 2. The molecule has 188 valence electrons. The molecule has 1 saturated heterocycles. The van der Waals surface area contributed by atoms with E-state index in [1.165, 1.54) is 0 Å². The van der Waals surface area contributed by atoms with Gasteiger partial charge in [0.2, 0.25) is 0 Å². The van der Waals surface area contributed by atoms with Crippen LogP contribution in [0.1, 0.15) is 88.5 Å². The van der Waals surface area contributed by atoms with Gasteiger partial charge >= 0.3 is 12.2 Å². The summed E-state index contributed by atoms with van der Waals surface area (Å²) in [5, 5.41) is 3.00. The third kappa shape index (κ3) is 9.69. The van der Waals surface area contributed by atoms with Gasteiger partial charge in [-0.3, -0.25) is 0 Å².